The van der Waals surface area contributed by atoms with E-state index in [0.717, 1.165) is 28.8 Å². The monoisotopic (exact) mass is 336 g/mol. The Kier molecular flexibility index (Phi) is 3.22. The fraction of sp³-hybridized carbons (Fsp3) is 0.278. The van der Waals surface area contributed by atoms with Gasteiger partial charge in [0.15, 0.2) is 17.2 Å². The second-order valence-electron chi connectivity index (χ2n) is 6.16. The summed E-state index contributed by atoms with van der Waals surface area (Å²) in [6.45, 7) is 7.18. The fourth-order valence-corrected chi connectivity index (χ4v) is 4.78. The van der Waals surface area contributed by atoms with Crippen molar-refractivity contribution in [1.29, 1.82) is 0 Å². The summed E-state index contributed by atoms with van der Waals surface area (Å²) < 4.78 is 0. The Morgan fingerprint density at radius 1 is 1.42 bits per heavy atom. The van der Waals surface area contributed by atoms with Crippen molar-refractivity contribution in [2.24, 2.45) is 10.7 Å². The summed E-state index contributed by atoms with van der Waals surface area (Å²) in [7, 11) is 1.68. The number of nitrogens with two attached hydrogens (primary N) is 1. The van der Waals surface area contributed by atoms with Crippen LogP contribution in [0.2, 0.25) is 0 Å². The zero-order chi connectivity index (χ0) is 16.9. The number of carbonyl (C=O) groups is 1. The van der Waals surface area contributed by atoms with Gasteiger partial charge in [-0.2, -0.15) is 0 Å². The predicted octanol–water partition coefficient (Wildman–Crippen LogP) is 3.28. The Hall–Kier alpha value is -2.65. The Balaban J connectivity index is 1.85. The van der Waals surface area contributed by atoms with Gasteiger partial charge in [0, 0.05) is 22.4 Å². The first-order valence-electron chi connectivity index (χ1n) is 7.80. The van der Waals surface area contributed by atoms with Gasteiger partial charge in [-0.05, 0) is 37.0 Å². The van der Waals surface area contributed by atoms with Crippen molar-refractivity contribution in [3.05, 3.63) is 52.2 Å². The lowest BCUT2D eigenvalue weighted by Gasteiger charge is -2.29. The van der Waals surface area contributed by atoms with Gasteiger partial charge in [0.05, 0.1) is 6.57 Å². The molecule has 2 aliphatic rings. The molecule has 0 radical (unpaired) electrons. The molecule has 0 saturated heterocycles. The molecule has 1 atom stereocenters. The molecule has 2 heterocycles. The smallest absolute Gasteiger partial charge is 0.261 e. The molecular weight excluding hydrogens is 320 g/mol. The first-order valence-corrected chi connectivity index (χ1v) is 8.61. The number of hydrogen-bond acceptors (Lipinski definition) is 4. The van der Waals surface area contributed by atoms with Gasteiger partial charge in [-0.3, -0.25) is 9.69 Å². The number of rotatable bonds is 1. The van der Waals surface area contributed by atoms with Gasteiger partial charge >= 0.3 is 0 Å². The lowest BCUT2D eigenvalue weighted by Crippen LogP contribution is -2.41. The summed E-state index contributed by atoms with van der Waals surface area (Å²) in [4.78, 5) is 24.6. The first-order chi connectivity index (χ1) is 11.5. The molecule has 2 N–H and O–H groups in total. The van der Waals surface area contributed by atoms with E-state index in [4.69, 9.17) is 12.3 Å². The average Bonchev–Trinajstić information content (AvgIpc) is 3.13. The summed E-state index contributed by atoms with van der Waals surface area (Å²) in [5.41, 5.74) is 7.68. The molecule has 5 nitrogen and oxygen atoms in total. The second-order valence-corrected chi connectivity index (χ2v) is 7.29. The number of nitrogens with zero attached hydrogens (tertiary/aromatic N) is 3. The Bertz CT molecular complexity index is 923. The van der Waals surface area contributed by atoms with E-state index in [-0.39, 0.29) is 11.9 Å². The van der Waals surface area contributed by atoms with Crippen LogP contribution in [-0.4, -0.2) is 23.8 Å². The van der Waals surface area contributed by atoms with Crippen molar-refractivity contribution in [1.82, 2.24) is 4.90 Å². The highest BCUT2D eigenvalue weighted by atomic mass is 32.1. The molecule has 6 heteroatoms. The highest BCUT2D eigenvalue weighted by Gasteiger charge is 2.50. The molecule has 0 saturated carbocycles. The van der Waals surface area contributed by atoms with Crippen LogP contribution in [0.15, 0.2) is 35.3 Å². The van der Waals surface area contributed by atoms with E-state index in [1.807, 2.05) is 18.2 Å². The average molecular weight is 336 g/mol. The van der Waals surface area contributed by atoms with E-state index in [2.05, 4.69) is 15.9 Å². The molecule has 1 aliphatic carbocycles. The minimum Gasteiger partial charge on any atom is -0.369 e. The molecule has 1 spiro atoms. The third-order valence-electron chi connectivity index (χ3n) is 4.76. The van der Waals surface area contributed by atoms with Crippen molar-refractivity contribution >= 4 is 28.9 Å². The molecule has 1 aromatic heterocycles. The van der Waals surface area contributed by atoms with Crippen LogP contribution in [0.4, 0.5) is 5.69 Å². The minimum atomic E-state index is -0.849. The van der Waals surface area contributed by atoms with Crippen molar-refractivity contribution in [3.63, 3.8) is 0 Å². The highest BCUT2D eigenvalue weighted by molar-refractivity contribution is 7.15. The van der Waals surface area contributed by atoms with Gasteiger partial charge < -0.3 is 5.73 Å². The topological polar surface area (TPSA) is 63.0 Å². The number of fused-ring (bicyclic) bond motifs is 2. The van der Waals surface area contributed by atoms with Crippen LogP contribution in [-0.2, 0) is 16.8 Å². The number of guanidine groups is 1. The Morgan fingerprint density at radius 2 is 2.25 bits per heavy atom. The Labute approximate surface area is 144 Å². The number of hydrogen-bond donors (Lipinski definition) is 1. The number of benzene rings is 1. The molecule has 4 rings (SSSR count). The van der Waals surface area contributed by atoms with Gasteiger partial charge in [-0.15, -0.1) is 11.3 Å². The minimum absolute atomic E-state index is 0.0415. The predicted molar refractivity (Wildman–Crippen MR) is 95.0 cm³/mol. The SMILES string of the molecule is [C-]#[N+]c1cccc(-c2cc3c(s2)CCCC32N=C(N)N(C)C2=O)c1. The summed E-state index contributed by atoms with van der Waals surface area (Å²) in [5.74, 6) is 0.246. The molecule has 1 amide bonds. The van der Waals surface area contributed by atoms with E-state index < -0.39 is 5.54 Å². The summed E-state index contributed by atoms with van der Waals surface area (Å²) in [6, 6.07) is 9.64. The lowest BCUT2D eigenvalue weighted by atomic mass is 9.80. The van der Waals surface area contributed by atoms with E-state index in [9.17, 15) is 4.79 Å². The molecular formula is C18H16N4OS. The zero-order valence-corrected chi connectivity index (χ0v) is 14.1. The molecule has 0 bridgehead atoms. The van der Waals surface area contributed by atoms with Gasteiger partial charge in [-0.25, -0.2) is 9.84 Å². The maximum Gasteiger partial charge on any atom is 0.261 e. The van der Waals surface area contributed by atoms with Crippen molar-refractivity contribution in [3.8, 4) is 10.4 Å². The number of thiophene rings is 1. The number of amides is 1. The van der Waals surface area contributed by atoms with E-state index in [1.54, 1.807) is 24.5 Å². The largest absolute Gasteiger partial charge is 0.369 e. The zero-order valence-electron chi connectivity index (χ0n) is 13.2. The van der Waals surface area contributed by atoms with Gasteiger partial charge in [0.1, 0.15) is 0 Å². The van der Waals surface area contributed by atoms with Gasteiger partial charge in [0.2, 0.25) is 0 Å². The number of carbonyl (C=O) groups excluding carboxylic acids is 1. The molecule has 24 heavy (non-hydrogen) atoms. The van der Waals surface area contributed by atoms with Gasteiger partial charge in [-0.1, -0.05) is 18.2 Å². The third-order valence-corrected chi connectivity index (χ3v) is 6.01. The quantitative estimate of drug-likeness (QED) is 0.812. The third kappa shape index (κ3) is 1.98. The molecule has 1 aliphatic heterocycles. The van der Waals surface area contributed by atoms with Crippen LogP contribution < -0.4 is 5.73 Å². The van der Waals surface area contributed by atoms with Crippen LogP contribution >= 0.6 is 11.3 Å². The summed E-state index contributed by atoms with van der Waals surface area (Å²) >= 11 is 1.69. The van der Waals surface area contributed by atoms with Crippen LogP contribution in [0.5, 0.6) is 0 Å². The normalized spacial score (nSPS) is 22.4. The molecule has 0 fully saturated rings. The van der Waals surface area contributed by atoms with Crippen LogP contribution in [0.1, 0.15) is 23.3 Å². The molecule has 1 unspecified atom stereocenters. The maximum absolute atomic E-state index is 12.8. The van der Waals surface area contributed by atoms with Crippen LogP contribution in [0.3, 0.4) is 0 Å². The first kappa shape index (κ1) is 14.9. The standard InChI is InChI=1S/C18H16N4OS/c1-20-12-6-3-5-11(9-12)15-10-13-14(24-15)7-4-8-18(13)16(23)22(2)17(19)21-18/h3,5-6,9-10H,4,7-8H2,2H3,(H2,19,21). The lowest BCUT2D eigenvalue weighted by molar-refractivity contribution is -0.131. The van der Waals surface area contributed by atoms with Crippen LogP contribution in [0, 0.1) is 6.57 Å². The van der Waals surface area contributed by atoms with E-state index in [0.29, 0.717) is 12.1 Å². The number of aliphatic imine (C=N–C) groups is 1. The number of aryl methyl sites for hydroxylation is 1. The van der Waals surface area contributed by atoms with E-state index >= 15 is 0 Å². The number of likely N-dealkylation sites (N-methyl/N-ethyl adjacent to an activating group) is 1. The molecule has 2 aromatic rings. The van der Waals surface area contributed by atoms with Crippen LogP contribution in [0.25, 0.3) is 15.3 Å². The summed E-state index contributed by atoms with van der Waals surface area (Å²) in [6.07, 6.45) is 2.57. The van der Waals surface area contributed by atoms with Gasteiger partial charge in [0.25, 0.3) is 5.91 Å². The molecule has 120 valence electrons. The van der Waals surface area contributed by atoms with Crippen molar-refractivity contribution in [2.45, 2.75) is 24.8 Å². The highest BCUT2D eigenvalue weighted by Crippen LogP contribution is 2.47. The van der Waals surface area contributed by atoms with E-state index in [1.165, 1.54) is 9.78 Å². The Morgan fingerprint density at radius 3 is 2.96 bits per heavy atom. The molecule has 1 aromatic carbocycles. The fourth-order valence-electron chi connectivity index (χ4n) is 3.51. The second kappa shape index (κ2) is 5.18. The van der Waals surface area contributed by atoms with Crippen molar-refractivity contribution in [2.75, 3.05) is 7.05 Å². The summed E-state index contributed by atoms with van der Waals surface area (Å²) in [5, 5.41) is 0. The maximum atomic E-state index is 12.8. The van der Waals surface area contributed by atoms with Crippen molar-refractivity contribution < 1.29 is 4.79 Å².